The van der Waals surface area contributed by atoms with Crippen LogP contribution < -0.4 is 4.74 Å². The van der Waals surface area contributed by atoms with Crippen LogP contribution in [0, 0.1) is 5.82 Å². The maximum absolute atomic E-state index is 13.9. The molecule has 20 heavy (non-hydrogen) atoms. The van der Waals surface area contributed by atoms with Crippen LogP contribution in [0.1, 0.15) is 36.0 Å². The smallest absolute Gasteiger partial charge is 0.256 e. The molecule has 1 amide bonds. The van der Waals surface area contributed by atoms with Gasteiger partial charge in [0, 0.05) is 19.7 Å². The number of ether oxygens (including phenoxy) is 1. The second-order valence-corrected chi connectivity index (χ2v) is 5.44. The first-order valence-electron chi connectivity index (χ1n) is 6.76. The van der Waals surface area contributed by atoms with Crippen LogP contribution in [0.25, 0.3) is 0 Å². The van der Waals surface area contributed by atoms with Crippen molar-refractivity contribution >= 4 is 5.91 Å². The lowest BCUT2D eigenvalue weighted by Gasteiger charge is -2.28. The number of carbonyl (C=O) groups is 1. The van der Waals surface area contributed by atoms with E-state index in [0.717, 1.165) is 12.8 Å². The average molecular weight is 281 g/mol. The van der Waals surface area contributed by atoms with Crippen molar-refractivity contribution in [2.75, 3.05) is 20.7 Å². The molecule has 1 fully saturated rings. The largest absolute Gasteiger partial charge is 0.497 e. The van der Waals surface area contributed by atoms with Gasteiger partial charge in [-0.1, -0.05) is 12.8 Å². The highest BCUT2D eigenvalue weighted by Gasteiger charge is 2.34. The van der Waals surface area contributed by atoms with E-state index in [1.807, 2.05) is 0 Å². The van der Waals surface area contributed by atoms with Crippen molar-refractivity contribution in [3.8, 4) is 5.75 Å². The summed E-state index contributed by atoms with van der Waals surface area (Å²) in [7, 11) is 3.03. The van der Waals surface area contributed by atoms with Crippen LogP contribution >= 0.6 is 0 Å². The SMILES string of the molecule is COc1ccc(C(=O)N(C)CC2(O)CCCC2)c(F)c1. The number of halogens is 1. The van der Waals surface area contributed by atoms with E-state index >= 15 is 0 Å². The van der Waals surface area contributed by atoms with Crippen molar-refractivity contribution in [3.63, 3.8) is 0 Å². The first kappa shape index (κ1) is 14.8. The van der Waals surface area contributed by atoms with Gasteiger partial charge in [0.05, 0.1) is 18.3 Å². The molecule has 0 heterocycles. The molecular formula is C15H20FNO3. The van der Waals surface area contributed by atoms with E-state index in [-0.39, 0.29) is 12.1 Å². The van der Waals surface area contributed by atoms with E-state index in [2.05, 4.69) is 0 Å². The zero-order chi connectivity index (χ0) is 14.8. The summed E-state index contributed by atoms with van der Waals surface area (Å²) in [6.07, 6.45) is 3.32. The highest BCUT2D eigenvalue weighted by molar-refractivity contribution is 5.94. The number of methoxy groups -OCH3 is 1. The predicted molar refractivity (Wildman–Crippen MR) is 73.3 cm³/mol. The van der Waals surface area contributed by atoms with Crippen molar-refractivity contribution in [2.45, 2.75) is 31.3 Å². The first-order valence-corrected chi connectivity index (χ1v) is 6.76. The maximum Gasteiger partial charge on any atom is 0.256 e. The van der Waals surface area contributed by atoms with Crippen LogP contribution in [0.3, 0.4) is 0 Å². The van der Waals surface area contributed by atoms with Crippen LogP contribution in [-0.2, 0) is 0 Å². The summed E-state index contributed by atoms with van der Waals surface area (Å²) in [5.41, 5.74) is -0.831. The van der Waals surface area contributed by atoms with Gasteiger partial charge >= 0.3 is 0 Å². The molecule has 110 valence electrons. The number of rotatable bonds is 4. The Kier molecular flexibility index (Phi) is 4.28. The molecule has 0 unspecified atom stereocenters. The van der Waals surface area contributed by atoms with E-state index < -0.39 is 17.3 Å². The topological polar surface area (TPSA) is 49.8 Å². The van der Waals surface area contributed by atoms with Gasteiger partial charge in [0.2, 0.25) is 0 Å². The quantitative estimate of drug-likeness (QED) is 0.920. The maximum atomic E-state index is 13.9. The Bertz CT molecular complexity index is 498. The zero-order valence-electron chi connectivity index (χ0n) is 11.9. The third-order valence-corrected chi connectivity index (χ3v) is 3.82. The summed E-state index contributed by atoms with van der Waals surface area (Å²) >= 11 is 0. The van der Waals surface area contributed by atoms with E-state index in [4.69, 9.17) is 4.74 Å². The Labute approximate surface area is 118 Å². The van der Waals surface area contributed by atoms with E-state index in [9.17, 15) is 14.3 Å². The molecule has 0 atom stereocenters. The molecule has 1 aromatic carbocycles. The lowest BCUT2D eigenvalue weighted by molar-refractivity contribution is 0.0155. The number of amides is 1. The Morgan fingerprint density at radius 2 is 2.10 bits per heavy atom. The molecule has 1 aliphatic rings. The fraction of sp³-hybridized carbons (Fsp3) is 0.533. The number of benzene rings is 1. The number of likely N-dealkylation sites (N-methyl/N-ethyl adjacent to an activating group) is 1. The van der Waals surface area contributed by atoms with Gasteiger partial charge in [-0.15, -0.1) is 0 Å². The highest BCUT2D eigenvalue weighted by Crippen LogP contribution is 2.30. The summed E-state index contributed by atoms with van der Waals surface area (Å²) in [5.74, 6) is -0.666. The summed E-state index contributed by atoms with van der Waals surface area (Å²) in [4.78, 5) is 13.6. The number of hydrogen-bond donors (Lipinski definition) is 1. The third kappa shape index (κ3) is 3.10. The third-order valence-electron chi connectivity index (χ3n) is 3.82. The molecule has 0 spiro atoms. The molecule has 0 aliphatic heterocycles. The number of nitrogens with zero attached hydrogens (tertiary/aromatic N) is 1. The standard InChI is InChI=1S/C15H20FNO3/c1-17(10-15(19)7-3-4-8-15)14(18)12-6-5-11(20-2)9-13(12)16/h5-6,9,19H,3-4,7-8,10H2,1-2H3. The number of hydrogen-bond acceptors (Lipinski definition) is 3. The fourth-order valence-electron chi connectivity index (χ4n) is 2.71. The van der Waals surface area contributed by atoms with Gasteiger partial charge in [0.25, 0.3) is 5.91 Å². The van der Waals surface area contributed by atoms with Gasteiger partial charge in [-0.25, -0.2) is 4.39 Å². The molecule has 0 bridgehead atoms. The monoisotopic (exact) mass is 281 g/mol. The van der Waals surface area contributed by atoms with Crippen LogP contribution in [0.2, 0.25) is 0 Å². The van der Waals surface area contributed by atoms with Gasteiger partial charge < -0.3 is 14.7 Å². The molecule has 1 aliphatic carbocycles. The van der Waals surface area contributed by atoms with Crippen molar-refractivity contribution in [1.29, 1.82) is 0 Å². The van der Waals surface area contributed by atoms with Crippen LogP contribution in [-0.4, -0.2) is 42.2 Å². The van der Waals surface area contributed by atoms with Crippen molar-refractivity contribution < 1.29 is 19.0 Å². The number of aliphatic hydroxyl groups is 1. The normalized spacial score (nSPS) is 17.0. The average Bonchev–Trinajstić information content (AvgIpc) is 2.84. The fourth-order valence-corrected chi connectivity index (χ4v) is 2.71. The molecule has 4 nitrogen and oxygen atoms in total. The van der Waals surface area contributed by atoms with E-state index in [1.165, 1.54) is 24.1 Å². The van der Waals surface area contributed by atoms with Gasteiger partial charge in [0.1, 0.15) is 11.6 Å². The number of carbonyl (C=O) groups excluding carboxylic acids is 1. The van der Waals surface area contributed by atoms with Crippen molar-refractivity contribution in [2.24, 2.45) is 0 Å². The van der Waals surface area contributed by atoms with Crippen LogP contribution in [0.15, 0.2) is 18.2 Å². The minimum Gasteiger partial charge on any atom is -0.497 e. The van der Waals surface area contributed by atoms with E-state index in [1.54, 1.807) is 13.1 Å². The van der Waals surface area contributed by atoms with Crippen molar-refractivity contribution in [1.82, 2.24) is 4.90 Å². The molecule has 0 aromatic heterocycles. The highest BCUT2D eigenvalue weighted by atomic mass is 19.1. The molecule has 1 N–H and O–H groups in total. The summed E-state index contributed by atoms with van der Waals surface area (Å²) in [5, 5.41) is 10.3. The minimum absolute atomic E-state index is 0.00473. The van der Waals surface area contributed by atoms with Gasteiger partial charge in [-0.05, 0) is 25.0 Å². The summed E-state index contributed by atoms with van der Waals surface area (Å²) < 4.78 is 18.8. The van der Waals surface area contributed by atoms with Crippen molar-refractivity contribution in [3.05, 3.63) is 29.6 Å². The Balaban J connectivity index is 2.10. The summed E-state index contributed by atoms with van der Waals surface area (Å²) in [6, 6.07) is 4.14. The second-order valence-electron chi connectivity index (χ2n) is 5.44. The van der Waals surface area contributed by atoms with Gasteiger partial charge in [-0.2, -0.15) is 0 Å². The Morgan fingerprint density at radius 1 is 1.45 bits per heavy atom. The zero-order valence-corrected chi connectivity index (χ0v) is 11.9. The Morgan fingerprint density at radius 3 is 2.65 bits per heavy atom. The lowest BCUT2D eigenvalue weighted by atomic mass is 10.0. The van der Waals surface area contributed by atoms with Crippen LogP contribution in [0.5, 0.6) is 5.75 Å². The first-order chi connectivity index (χ1) is 9.45. The molecule has 0 radical (unpaired) electrons. The van der Waals surface area contributed by atoms with E-state index in [0.29, 0.717) is 18.6 Å². The summed E-state index contributed by atoms with van der Waals surface area (Å²) in [6.45, 7) is 0.233. The molecule has 1 saturated carbocycles. The second kappa shape index (κ2) is 5.79. The minimum atomic E-state index is -0.826. The van der Waals surface area contributed by atoms with Gasteiger partial charge in [0.15, 0.2) is 0 Å². The van der Waals surface area contributed by atoms with Crippen LogP contribution in [0.4, 0.5) is 4.39 Å². The van der Waals surface area contributed by atoms with Gasteiger partial charge in [-0.3, -0.25) is 4.79 Å². The lowest BCUT2D eigenvalue weighted by Crippen LogP contribution is -2.42. The molecule has 5 heteroatoms. The molecule has 2 rings (SSSR count). The predicted octanol–water partition coefficient (Wildman–Crippen LogP) is 2.21. The molecular weight excluding hydrogens is 261 g/mol. The molecule has 0 saturated heterocycles. The molecule has 1 aromatic rings. The Hall–Kier alpha value is -1.62.